The number of rotatable bonds is 1. The molecule has 1 aromatic heterocycles. The second-order valence-corrected chi connectivity index (χ2v) is 1.65. The molecule has 0 fully saturated rings. The molecule has 0 saturated heterocycles. The third kappa shape index (κ3) is 4.03. The van der Waals surface area contributed by atoms with Crippen LogP contribution in [0.5, 0.6) is 0 Å². The highest BCUT2D eigenvalue weighted by Gasteiger charge is 1.85. The van der Waals surface area contributed by atoms with Gasteiger partial charge in [-0.05, 0) is 12.1 Å². The molecular formula is C6H7O3S-. The Kier molecular flexibility index (Phi) is 5.66. The number of carboxylic acid groups (broad SMARTS) is 1. The van der Waals surface area contributed by atoms with Gasteiger partial charge in [0.05, 0.1) is 6.26 Å². The largest absolute Gasteiger partial charge is 0.554 e. The molecule has 0 amide bonds. The molecule has 0 radical (unpaired) electrons. The molecule has 0 aromatic carbocycles. The number of furan rings is 1. The Bertz CT molecular complexity index is 160. The molecule has 1 rings (SSSR count). The molecule has 0 atom stereocenters. The summed E-state index contributed by atoms with van der Waals surface area (Å²) in [5.41, 5.74) is 0. The molecule has 3 nitrogen and oxygen atoms in total. The standard InChI is InChI=1S/C5H6OS.CH2O2/c7-4-5-2-1-3-6-5;2-1-3/h1-3,7H,4H2;1H,(H,2,3)/p-1. The van der Waals surface area contributed by atoms with Crippen LogP contribution in [0.2, 0.25) is 0 Å². The second kappa shape index (κ2) is 6.22. The van der Waals surface area contributed by atoms with E-state index in [1.807, 2.05) is 12.1 Å². The molecule has 0 saturated carbocycles. The minimum absolute atomic E-state index is 0.500. The Balaban J connectivity index is 0.000000236. The lowest BCUT2D eigenvalue weighted by molar-refractivity contribution is -0.283. The van der Waals surface area contributed by atoms with Crippen LogP contribution in [0.15, 0.2) is 22.8 Å². The van der Waals surface area contributed by atoms with E-state index in [0.717, 1.165) is 5.76 Å². The fourth-order valence-corrected chi connectivity index (χ4v) is 0.582. The lowest BCUT2D eigenvalue weighted by atomic mass is 10.5. The lowest BCUT2D eigenvalue weighted by Gasteiger charge is -1.79. The van der Waals surface area contributed by atoms with Gasteiger partial charge in [0.2, 0.25) is 0 Å². The predicted molar refractivity (Wildman–Crippen MR) is 37.5 cm³/mol. The van der Waals surface area contributed by atoms with Crippen molar-refractivity contribution in [3.05, 3.63) is 24.2 Å². The number of thiol groups is 1. The van der Waals surface area contributed by atoms with E-state index in [9.17, 15) is 0 Å². The summed E-state index contributed by atoms with van der Waals surface area (Å²) in [7, 11) is 0. The summed E-state index contributed by atoms with van der Waals surface area (Å²) < 4.78 is 4.91. The first-order valence-corrected chi connectivity index (χ1v) is 3.17. The van der Waals surface area contributed by atoms with Crippen LogP contribution in [0.4, 0.5) is 0 Å². The van der Waals surface area contributed by atoms with Crippen molar-refractivity contribution in [1.29, 1.82) is 0 Å². The van der Waals surface area contributed by atoms with Crippen molar-refractivity contribution in [3.63, 3.8) is 0 Å². The summed E-state index contributed by atoms with van der Waals surface area (Å²) in [6, 6.07) is 3.75. The Hall–Kier alpha value is -0.900. The maximum absolute atomic E-state index is 8.25. The first-order chi connectivity index (χ1) is 4.85. The second-order valence-electron chi connectivity index (χ2n) is 1.33. The molecule has 4 heteroatoms. The topological polar surface area (TPSA) is 53.3 Å². The Morgan fingerprint density at radius 1 is 1.80 bits per heavy atom. The first-order valence-electron chi connectivity index (χ1n) is 2.54. The van der Waals surface area contributed by atoms with Crippen LogP contribution in [0.3, 0.4) is 0 Å². The Labute approximate surface area is 64.1 Å². The van der Waals surface area contributed by atoms with Crippen LogP contribution in [0, 0.1) is 0 Å². The predicted octanol–water partition coefficient (Wildman–Crippen LogP) is 0.0755. The van der Waals surface area contributed by atoms with Gasteiger partial charge in [0.25, 0.3) is 0 Å². The van der Waals surface area contributed by atoms with E-state index in [1.165, 1.54) is 0 Å². The fourth-order valence-electron chi connectivity index (χ4n) is 0.403. The van der Waals surface area contributed by atoms with Crippen LogP contribution in [-0.2, 0) is 10.5 Å². The van der Waals surface area contributed by atoms with Crippen molar-refractivity contribution < 1.29 is 14.3 Å². The van der Waals surface area contributed by atoms with Gasteiger partial charge in [0, 0.05) is 12.2 Å². The highest BCUT2D eigenvalue weighted by Crippen LogP contribution is 2.01. The summed E-state index contributed by atoms with van der Waals surface area (Å²) in [6.07, 6.45) is 1.64. The summed E-state index contributed by atoms with van der Waals surface area (Å²) in [6.45, 7) is -0.500. The Morgan fingerprint density at radius 3 is 2.60 bits per heavy atom. The third-order valence-corrected chi connectivity index (χ3v) is 1.05. The molecule has 1 heterocycles. The average Bonchev–Trinajstić information content (AvgIpc) is 2.39. The average molecular weight is 159 g/mol. The molecule has 0 aliphatic carbocycles. The molecule has 0 unspecified atom stereocenters. The monoisotopic (exact) mass is 159 g/mol. The number of carbonyl (C=O) groups excluding carboxylic acids is 1. The van der Waals surface area contributed by atoms with Crippen LogP contribution in [-0.4, -0.2) is 6.47 Å². The van der Waals surface area contributed by atoms with Crippen molar-refractivity contribution in [3.8, 4) is 0 Å². The maximum Gasteiger partial charge on any atom is 0.113 e. The van der Waals surface area contributed by atoms with Crippen molar-refractivity contribution in [1.82, 2.24) is 0 Å². The molecule has 0 aliphatic heterocycles. The summed E-state index contributed by atoms with van der Waals surface area (Å²) in [5.74, 6) is 1.61. The van der Waals surface area contributed by atoms with Gasteiger partial charge in [0.1, 0.15) is 5.76 Å². The molecule has 56 valence electrons. The summed E-state index contributed by atoms with van der Waals surface area (Å²) in [4.78, 5) is 8.25. The molecule has 0 spiro atoms. The smallest absolute Gasteiger partial charge is 0.113 e. The van der Waals surface area contributed by atoms with Crippen LogP contribution in [0.1, 0.15) is 5.76 Å². The molecule has 0 N–H and O–H groups in total. The normalized spacial score (nSPS) is 7.70. The molecular weight excluding hydrogens is 152 g/mol. The van der Waals surface area contributed by atoms with Gasteiger partial charge in [-0.15, -0.1) is 0 Å². The van der Waals surface area contributed by atoms with E-state index in [0.29, 0.717) is 5.75 Å². The van der Waals surface area contributed by atoms with E-state index in [4.69, 9.17) is 14.3 Å². The minimum Gasteiger partial charge on any atom is -0.554 e. The van der Waals surface area contributed by atoms with Gasteiger partial charge in [-0.1, -0.05) is 0 Å². The first kappa shape index (κ1) is 9.10. The molecule has 10 heavy (non-hydrogen) atoms. The lowest BCUT2D eigenvalue weighted by Crippen LogP contribution is -2.01. The van der Waals surface area contributed by atoms with Gasteiger partial charge >= 0.3 is 0 Å². The summed E-state index contributed by atoms with van der Waals surface area (Å²) in [5, 5.41) is 8.25. The van der Waals surface area contributed by atoms with E-state index in [2.05, 4.69) is 12.6 Å². The number of hydrogen-bond acceptors (Lipinski definition) is 4. The SMILES string of the molecule is O=C[O-].SCc1ccco1. The molecule has 0 aliphatic rings. The molecule has 1 aromatic rings. The quantitative estimate of drug-likeness (QED) is 0.466. The van der Waals surface area contributed by atoms with E-state index in [-0.39, 0.29) is 0 Å². The van der Waals surface area contributed by atoms with Crippen molar-refractivity contribution in [2.45, 2.75) is 5.75 Å². The van der Waals surface area contributed by atoms with Gasteiger partial charge in [-0.2, -0.15) is 12.6 Å². The maximum atomic E-state index is 8.25. The van der Waals surface area contributed by atoms with Gasteiger partial charge in [-0.3, -0.25) is 0 Å². The number of carbonyl (C=O) groups is 1. The van der Waals surface area contributed by atoms with Crippen molar-refractivity contribution >= 4 is 19.1 Å². The van der Waals surface area contributed by atoms with E-state index in [1.54, 1.807) is 6.26 Å². The zero-order chi connectivity index (χ0) is 7.82. The van der Waals surface area contributed by atoms with Crippen molar-refractivity contribution in [2.75, 3.05) is 0 Å². The summed E-state index contributed by atoms with van der Waals surface area (Å²) >= 11 is 3.98. The Morgan fingerprint density at radius 2 is 2.40 bits per heavy atom. The van der Waals surface area contributed by atoms with Crippen LogP contribution >= 0.6 is 12.6 Å². The van der Waals surface area contributed by atoms with E-state index < -0.39 is 6.47 Å². The fraction of sp³-hybridized carbons (Fsp3) is 0.167. The van der Waals surface area contributed by atoms with Gasteiger partial charge in [-0.25, -0.2) is 0 Å². The van der Waals surface area contributed by atoms with Crippen LogP contribution in [0.25, 0.3) is 0 Å². The van der Waals surface area contributed by atoms with Crippen LogP contribution < -0.4 is 5.11 Å². The van der Waals surface area contributed by atoms with E-state index >= 15 is 0 Å². The number of hydrogen-bond donors (Lipinski definition) is 1. The minimum atomic E-state index is -0.500. The zero-order valence-corrected chi connectivity index (χ0v) is 6.08. The van der Waals surface area contributed by atoms with Gasteiger partial charge < -0.3 is 14.3 Å². The zero-order valence-electron chi connectivity index (χ0n) is 5.19. The highest BCUT2D eigenvalue weighted by atomic mass is 32.1. The van der Waals surface area contributed by atoms with Gasteiger partial charge in [0.15, 0.2) is 0 Å². The highest BCUT2D eigenvalue weighted by molar-refractivity contribution is 7.79. The third-order valence-electron chi connectivity index (χ3n) is 0.736. The molecule has 0 bridgehead atoms. The van der Waals surface area contributed by atoms with Crippen molar-refractivity contribution in [2.24, 2.45) is 0 Å².